The topological polar surface area (TPSA) is 34.5 Å². The molecule has 0 saturated heterocycles. The Bertz CT molecular complexity index is 693. The Hall–Kier alpha value is -1.96. The van der Waals surface area contributed by atoms with Gasteiger partial charge in [0.1, 0.15) is 0 Å². The summed E-state index contributed by atoms with van der Waals surface area (Å²) in [5.74, 6) is -0.488. The maximum Gasteiger partial charge on any atom is 0.252 e. The van der Waals surface area contributed by atoms with E-state index < -0.39 is 5.95 Å². The molecule has 3 rings (SSSR count). The molecule has 0 aromatic carbocycles. The zero-order valence-electron chi connectivity index (χ0n) is 10.5. The Morgan fingerprint density at radius 1 is 1.56 bits per heavy atom. The number of rotatable bonds is 0. The van der Waals surface area contributed by atoms with Crippen LogP contribution in [0.5, 0.6) is 0 Å². The maximum absolute atomic E-state index is 13.6. The van der Waals surface area contributed by atoms with Crippen molar-refractivity contribution in [2.24, 2.45) is 0 Å². The lowest BCUT2D eigenvalue weighted by molar-refractivity contribution is 0.475. The second-order valence-corrected chi connectivity index (χ2v) is 5.45. The minimum Gasteiger partial charge on any atom is -0.308 e. The highest BCUT2D eigenvalue weighted by molar-refractivity contribution is 5.51. The molecule has 0 spiro atoms. The zero-order chi connectivity index (χ0) is 13.1. The van der Waals surface area contributed by atoms with Crippen LogP contribution in [0.25, 0.3) is 10.5 Å². The molecule has 0 bridgehead atoms. The highest BCUT2D eigenvalue weighted by Gasteiger charge is 2.43. The second-order valence-electron chi connectivity index (χ2n) is 5.45. The van der Waals surface area contributed by atoms with Gasteiger partial charge in [-0.15, -0.1) is 5.10 Å². The fourth-order valence-electron chi connectivity index (χ4n) is 2.81. The number of hydrogen-bond acceptors (Lipinski definition) is 2. The van der Waals surface area contributed by atoms with Crippen LogP contribution in [0.3, 0.4) is 0 Å². The van der Waals surface area contributed by atoms with E-state index in [-0.39, 0.29) is 11.5 Å². The van der Waals surface area contributed by atoms with E-state index in [4.69, 9.17) is 6.57 Å². The molecule has 0 amide bonds. The average molecular weight is 244 g/mol. The van der Waals surface area contributed by atoms with Crippen LogP contribution < -0.4 is 0 Å². The van der Waals surface area contributed by atoms with Gasteiger partial charge in [0, 0.05) is 18.0 Å². The summed E-state index contributed by atoms with van der Waals surface area (Å²) >= 11 is 0. The number of hydrogen-bond donors (Lipinski definition) is 0. The molecule has 1 atom stereocenters. The fraction of sp³-hybridized carbons (Fsp3) is 0.462. The van der Waals surface area contributed by atoms with Crippen molar-refractivity contribution < 1.29 is 4.39 Å². The molecule has 5 heteroatoms. The summed E-state index contributed by atoms with van der Waals surface area (Å²) in [6, 6.07) is -0.195. The minimum atomic E-state index is -0.488. The Morgan fingerprint density at radius 2 is 2.28 bits per heavy atom. The SMILES string of the molecule is [C-]#[N+]C1CC(C)(C)c2c1cnc1c(C)c(F)nn21. The first-order valence-electron chi connectivity index (χ1n) is 5.86. The van der Waals surface area contributed by atoms with E-state index >= 15 is 0 Å². The third kappa shape index (κ3) is 1.23. The minimum absolute atomic E-state index is 0.184. The third-order valence-corrected chi connectivity index (χ3v) is 3.70. The molecule has 1 unspecified atom stereocenters. The lowest BCUT2D eigenvalue weighted by Gasteiger charge is -2.17. The van der Waals surface area contributed by atoms with Crippen LogP contribution in [0.4, 0.5) is 4.39 Å². The van der Waals surface area contributed by atoms with E-state index in [1.807, 2.05) is 0 Å². The van der Waals surface area contributed by atoms with Gasteiger partial charge >= 0.3 is 0 Å². The first-order valence-corrected chi connectivity index (χ1v) is 5.86. The predicted octanol–water partition coefficient (Wildman–Crippen LogP) is 2.82. The van der Waals surface area contributed by atoms with Gasteiger partial charge in [-0.3, -0.25) is 0 Å². The van der Waals surface area contributed by atoms with Crippen LogP contribution in [0.2, 0.25) is 0 Å². The summed E-state index contributed by atoms with van der Waals surface area (Å²) < 4.78 is 15.2. The van der Waals surface area contributed by atoms with Crippen LogP contribution in [0.15, 0.2) is 6.20 Å². The zero-order valence-corrected chi connectivity index (χ0v) is 10.5. The summed E-state index contributed by atoms with van der Waals surface area (Å²) in [5, 5.41) is 3.93. The number of nitrogens with zero attached hydrogens (tertiary/aromatic N) is 4. The molecule has 0 radical (unpaired) electrons. The Labute approximate surface area is 104 Å². The molecule has 0 fully saturated rings. The molecule has 2 heterocycles. The number of aryl methyl sites for hydroxylation is 1. The van der Waals surface area contributed by atoms with E-state index in [9.17, 15) is 4.39 Å². The van der Waals surface area contributed by atoms with Gasteiger partial charge < -0.3 is 4.85 Å². The number of halogens is 1. The second kappa shape index (κ2) is 3.29. The smallest absolute Gasteiger partial charge is 0.252 e. The molecule has 1 aliphatic rings. The van der Waals surface area contributed by atoms with Gasteiger partial charge in [-0.05, 0) is 6.92 Å². The number of aromatic nitrogens is 3. The van der Waals surface area contributed by atoms with Crippen molar-refractivity contribution in [1.82, 2.24) is 14.6 Å². The van der Waals surface area contributed by atoms with Gasteiger partial charge in [0.05, 0.1) is 16.8 Å². The van der Waals surface area contributed by atoms with Crippen molar-refractivity contribution in [3.05, 3.63) is 40.4 Å². The van der Waals surface area contributed by atoms with Gasteiger partial charge in [-0.25, -0.2) is 16.1 Å². The first-order chi connectivity index (χ1) is 8.45. The molecule has 2 aromatic heterocycles. The lowest BCUT2D eigenvalue weighted by atomic mass is 9.90. The van der Waals surface area contributed by atoms with Crippen molar-refractivity contribution in [1.29, 1.82) is 0 Å². The van der Waals surface area contributed by atoms with Crippen molar-refractivity contribution >= 4 is 5.65 Å². The molecule has 0 N–H and O–H groups in total. The van der Waals surface area contributed by atoms with Gasteiger partial charge in [0.15, 0.2) is 5.65 Å². The summed E-state index contributed by atoms with van der Waals surface area (Å²) in [6.45, 7) is 13.1. The summed E-state index contributed by atoms with van der Waals surface area (Å²) in [4.78, 5) is 7.89. The lowest BCUT2D eigenvalue weighted by Crippen LogP contribution is -2.17. The van der Waals surface area contributed by atoms with Crippen LogP contribution in [0, 0.1) is 19.4 Å². The molecule has 0 saturated carbocycles. The van der Waals surface area contributed by atoms with E-state index in [1.54, 1.807) is 17.6 Å². The van der Waals surface area contributed by atoms with E-state index in [0.29, 0.717) is 11.2 Å². The Balaban J connectivity index is 2.43. The maximum atomic E-state index is 13.6. The molecule has 2 aromatic rings. The Kier molecular flexibility index (Phi) is 2.03. The molecule has 1 aliphatic carbocycles. The van der Waals surface area contributed by atoms with Gasteiger partial charge in [-0.2, -0.15) is 4.39 Å². The van der Waals surface area contributed by atoms with E-state index in [0.717, 1.165) is 17.7 Å². The molecule has 18 heavy (non-hydrogen) atoms. The largest absolute Gasteiger partial charge is 0.308 e. The average Bonchev–Trinajstić information content (AvgIpc) is 2.75. The fourth-order valence-corrected chi connectivity index (χ4v) is 2.81. The molecule has 92 valence electrons. The Morgan fingerprint density at radius 3 is 2.94 bits per heavy atom. The standard InChI is InChI=1S/C13H13FN4/c1-7-11(14)17-18-10-8(6-16-12(7)18)9(15-4)5-13(10,2)3/h6,9H,5H2,1-3H3. The quantitative estimate of drug-likeness (QED) is 0.668. The highest BCUT2D eigenvalue weighted by Crippen LogP contribution is 2.46. The molecular formula is C13H13FN4. The third-order valence-electron chi connectivity index (χ3n) is 3.70. The highest BCUT2D eigenvalue weighted by atomic mass is 19.1. The summed E-state index contributed by atoms with van der Waals surface area (Å²) in [7, 11) is 0. The monoisotopic (exact) mass is 244 g/mol. The van der Waals surface area contributed by atoms with Gasteiger partial charge in [0.25, 0.3) is 6.04 Å². The van der Waals surface area contributed by atoms with Crippen molar-refractivity contribution in [2.75, 3.05) is 0 Å². The van der Waals surface area contributed by atoms with Crippen molar-refractivity contribution in [3.63, 3.8) is 0 Å². The van der Waals surface area contributed by atoms with Gasteiger partial charge in [0.2, 0.25) is 5.95 Å². The molecule has 4 nitrogen and oxygen atoms in total. The molecular weight excluding hydrogens is 231 g/mol. The predicted molar refractivity (Wildman–Crippen MR) is 64.7 cm³/mol. The van der Waals surface area contributed by atoms with Crippen molar-refractivity contribution in [3.8, 4) is 0 Å². The summed E-state index contributed by atoms with van der Waals surface area (Å²) in [6.07, 6.45) is 2.43. The molecule has 0 aliphatic heterocycles. The van der Waals surface area contributed by atoms with Crippen LogP contribution in [-0.2, 0) is 5.41 Å². The van der Waals surface area contributed by atoms with Crippen molar-refractivity contribution in [2.45, 2.75) is 38.6 Å². The van der Waals surface area contributed by atoms with Gasteiger partial charge in [-0.1, -0.05) is 13.8 Å². The van der Waals surface area contributed by atoms with Crippen LogP contribution in [-0.4, -0.2) is 14.6 Å². The summed E-state index contributed by atoms with van der Waals surface area (Å²) in [5.41, 5.74) is 2.62. The van der Waals surface area contributed by atoms with Crippen LogP contribution >= 0.6 is 0 Å². The first kappa shape index (κ1) is 11.1. The van der Waals surface area contributed by atoms with E-state index in [1.165, 1.54) is 0 Å². The van der Waals surface area contributed by atoms with Crippen LogP contribution in [0.1, 0.15) is 43.1 Å². The van der Waals surface area contributed by atoms with E-state index in [2.05, 4.69) is 28.8 Å². The number of fused-ring (bicyclic) bond motifs is 3. The normalized spacial score (nSPS) is 20.9.